The van der Waals surface area contributed by atoms with E-state index < -0.39 is 5.83 Å². The monoisotopic (exact) mass is 132 g/mol. The van der Waals surface area contributed by atoms with Gasteiger partial charge in [-0.3, -0.25) is 0 Å². The maximum absolute atomic E-state index is 12.1. The summed E-state index contributed by atoms with van der Waals surface area (Å²) in [6.45, 7) is 6.41. The Morgan fingerprint density at radius 1 is 1.62 bits per heavy atom. The highest BCUT2D eigenvalue weighted by Gasteiger charge is 1.91. The van der Waals surface area contributed by atoms with Crippen molar-refractivity contribution in [1.29, 1.82) is 0 Å². The van der Waals surface area contributed by atoms with Crippen LogP contribution in [0.3, 0.4) is 0 Å². The van der Waals surface area contributed by atoms with Crippen LogP contribution in [0.5, 0.6) is 0 Å². The van der Waals surface area contributed by atoms with Gasteiger partial charge >= 0.3 is 0 Å². The van der Waals surface area contributed by atoms with Crippen LogP contribution in [0.4, 0.5) is 4.39 Å². The van der Waals surface area contributed by atoms with Gasteiger partial charge in [-0.25, -0.2) is 4.39 Å². The van der Waals surface area contributed by atoms with Crippen molar-refractivity contribution in [3.63, 3.8) is 0 Å². The Labute approximate surface area is 53.0 Å². The maximum Gasteiger partial charge on any atom is 0.141 e. The Morgan fingerprint density at radius 2 is 2.12 bits per heavy atom. The molecule has 44 valence electrons. The molecule has 0 saturated carbocycles. The van der Waals surface area contributed by atoms with Gasteiger partial charge in [0, 0.05) is 0 Å². The molecule has 0 aliphatic heterocycles. The minimum Gasteiger partial charge on any atom is -0.205 e. The average molecular weight is 133 g/mol. The molecule has 0 heterocycles. The third-order valence-electron chi connectivity index (χ3n) is 0.523. The van der Waals surface area contributed by atoms with Crippen LogP contribution < -0.4 is 0 Å². The normalized spacial score (nSPS) is 11.0. The number of hydrogen-bond acceptors (Lipinski definition) is 0. The molecule has 0 aromatic rings. The van der Waals surface area contributed by atoms with E-state index in [1.165, 1.54) is 6.08 Å². The van der Waals surface area contributed by atoms with Crippen molar-refractivity contribution in [2.24, 2.45) is 0 Å². The largest absolute Gasteiger partial charge is 0.205 e. The molecule has 0 radical (unpaired) electrons. The molecule has 0 nitrogen and oxygen atoms in total. The van der Waals surface area contributed by atoms with E-state index in [2.05, 4.69) is 13.2 Å². The number of allylic oxidation sites excluding steroid dienone is 4. The molecule has 0 bridgehead atoms. The molecule has 0 aliphatic rings. The molecule has 0 fully saturated rings. The van der Waals surface area contributed by atoms with Crippen molar-refractivity contribution in [3.8, 4) is 0 Å². The van der Waals surface area contributed by atoms with Crippen molar-refractivity contribution in [2.45, 2.75) is 0 Å². The van der Waals surface area contributed by atoms with E-state index >= 15 is 0 Å². The molecule has 0 spiro atoms. The van der Waals surface area contributed by atoms with Gasteiger partial charge in [0.1, 0.15) is 5.83 Å². The molecule has 0 unspecified atom stereocenters. The molecule has 8 heavy (non-hydrogen) atoms. The third kappa shape index (κ3) is 2.59. The lowest BCUT2D eigenvalue weighted by atomic mass is 10.4. The highest BCUT2D eigenvalue weighted by molar-refractivity contribution is 6.31. The van der Waals surface area contributed by atoms with Gasteiger partial charge in [0.25, 0.3) is 0 Å². The quantitative estimate of drug-likeness (QED) is 0.507. The Balaban J connectivity index is 3.99. The zero-order valence-electron chi connectivity index (χ0n) is 4.32. The first-order valence-corrected chi connectivity index (χ1v) is 2.39. The second-order valence-electron chi connectivity index (χ2n) is 1.16. The van der Waals surface area contributed by atoms with Crippen molar-refractivity contribution in [2.75, 3.05) is 0 Å². The van der Waals surface area contributed by atoms with Gasteiger partial charge in [-0.2, -0.15) is 0 Å². The molecular weight excluding hydrogens is 127 g/mol. The van der Waals surface area contributed by atoms with E-state index in [-0.39, 0.29) is 5.03 Å². The first kappa shape index (κ1) is 7.44. The minimum absolute atomic E-state index is 0.0927. The summed E-state index contributed by atoms with van der Waals surface area (Å²) in [4.78, 5) is 0. The van der Waals surface area contributed by atoms with Crippen LogP contribution in [0.15, 0.2) is 36.2 Å². The van der Waals surface area contributed by atoms with E-state index in [9.17, 15) is 4.39 Å². The maximum atomic E-state index is 12.1. The summed E-state index contributed by atoms with van der Waals surface area (Å²) >= 11 is 5.12. The van der Waals surface area contributed by atoms with E-state index in [0.29, 0.717) is 0 Å². The van der Waals surface area contributed by atoms with E-state index in [1.54, 1.807) is 0 Å². The van der Waals surface area contributed by atoms with Gasteiger partial charge in [0.15, 0.2) is 0 Å². The van der Waals surface area contributed by atoms with Crippen LogP contribution in [0.2, 0.25) is 0 Å². The summed E-state index contributed by atoms with van der Waals surface area (Å²) in [5.74, 6) is -0.540. The highest BCUT2D eigenvalue weighted by atomic mass is 35.5. The first-order valence-electron chi connectivity index (χ1n) is 2.01. The SMILES string of the molecule is C=CC=C(F)C(=C)Cl. The summed E-state index contributed by atoms with van der Waals surface area (Å²) in [6, 6.07) is 0. The van der Waals surface area contributed by atoms with Gasteiger partial charge in [-0.05, 0) is 6.08 Å². The van der Waals surface area contributed by atoms with Crippen LogP contribution in [0, 0.1) is 0 Å². The molecule has 0 aromatic carbocycles. The number of halogens is 2. The molecule has 0 rings (SSSR count). The number of rotatable bonds is 2. The lowest BCUT2D eigenvalue weighted by Gasteiger charge is -1.84. The van der Waals surface area contributed by atoms with Gasteiger partial charge in [0.05, 0.1) is 5.03 Å². The highest BCUT2D eigenvalue weighted by Crippen LogP contribution is 2.12. The van der Waals surface area contributed by atoms with Crippen LogP contribution in [-0.2, 0) is 0 Å². The summed E-state index contributed by atoms with van der Waals surface area (Å²) in [7, 11) is 0. The van der Waals surface area contributed by atoms with Crippen LogP contribution >= 0.6 is 11.6 Å². The summed E-state index contributed by atoms with van der Waals surface area (Å²) in [6.07, 6.45) is 2.46. The van der Waals surface area contributed by atoms with Gasteiger partial charge in [-0.1, -0.05) is 30.8 Å². The topological polar surface area (TPSA) is 0 Å². The Kier molecular flexibility index (Phi) is 3.20. The molecule has 2 heteroatoms. The molecule has 0 aliphatic carbocycles. The first-order chi connectivity index (χ1) is 3.68. The van der Waals surface area contributed by atoms with E-state index in [4.69, 9.17) is 11.6 Å². The van der Waals surface area contributed by atoms with Crippen LogP contribution in [0.25, 0.3) is 0 Å². The summed E-state index contributed by atoms with van der Waals surface area (Å²) in [5.41, 5.74) is 0. The number of hydrogen-bond donors (Lipinski definition) is 0. The van der Waals surface area contributed by atoms with Gasteiger partial charge in [0.2, 0.25) is 0 Å². The predicted molar refractivity (Wildman–Crippen MR) is 34.4 cm³/mol. The Morgan fingerprint density at radius 3 is 2.25 bits per heavy atom. The average Bonchev–Trinajstić information content (AvgIpc) is 1.67. The molecule has 0 N–H and O–H groups in total. The molecule has 0 saturated heterocycles. The molecule has 0 atom stereocenters. The lowest BCUT2D eigenvalue weighted by molar-refractivity contribution is 0.663. The van der Waals surface area contributed by atoms with Gasteiger partial charge in [-0.15, -0.1) is 0 Å². The van der Waals surface area contributed by atoms with Crippen molar-refractivity contribution in [1.82, 2.24) is 0 Å². The third-order valence-corrected chi connectivity index (χ3v) is 0.704. The fourth-order valence-electron chi connectivity index (χ4n) is 0.194. The zero-order chi connectivity index (χ0) is 6.57. The van der Waals surface area contributed by atoms with Gasteiger partial charge < -0.3 is 0 Å². The van der Waals surface area contributed by atoms with E-state index in [1.807, 2.05) is 0 Å². The predicted octanol–water partition coefficient (Wildman–Crippen LogP) is 2.78. The summed E-state index contributed by atoms with van der Waals surface area (Å²) < 4.78 is 12.1. The van der Waals surface area contributed by atoms with Crippen LogP contribution in [-0.4, -0.2) is 0 Å². The van der Waals surface area contributed by atoms with E-state index in [0.717, 1.165) is 6.08 Å². The van der Waals surface area contributed by atoms with Crippen molar-refractivity contribution in [3.05, 3.63) is 36.2 Å². The summed E-state index contributed by atoms with van der Waals surface area (Å²) in [5, 5.41) is -0.0927. The van der Waals surface area contributed by atoms with Crippen molar-refractivity contribution < 1.29 is 4.39 Å². The second-order valence-corrected chi connectivity index (χ2v) is 1.61. The molecule has 0 amide bonds. The molecular formula is C6H6ClF. The fourth-order valence-corrected chi connectivity index (χ4v) is 0.257. The van der Waals surface area contributed by atoms with Crippen molar-refractivity contribution >= 4 is 11.6 Å². The Hall–Kier alpha value is -0.560. The van der Waals surface area contributed by atoms with Crippen LogP contribution in [0.1, 0.15) is 0 Å². The fraction of sp³-hybridized carbons (Fsp3) is 0. The molecule has 0 aromatic heterocycles. The standard InChI is InChI=1S/C6H6ClF/c1-3-4-6(8)5(2)7/h3-4H,1-2H2. The smallest absolute Gasteiger partial charge is 0.141 e. The second kappa shape index (κ2) is 3.44. The zero-order valence-corrected chi connectivity index (χ0v) is 5.08. The Bertz CT molecular complexity index is 135. The minimum atomic E-state index is -0.540. The lowest BCUT2D eigenvalue weighted by Crippen LogP contribution is -1.66.